The van der Waals surface area contributed by atoms with Gasteiger partial charge in [0, 0.05) is 36.1 Å². The predicted molar refractivity (Wildman–Crippen MR) is 113 cm³/mol. The fourth-order valence-electron chi connectivity index (χ4n) is 3.28. The molecule has 2 heterocycles. The van der Waals surface area contributed by atoms with Gasteiger partial charge >= 0.3 is 0 Å². The van der Waals surface area contributed by atoms with Crippen LogP contribution >= 0.6 is 11.3 Å². The average Bonchev–Trinajstić information content (AvgIpc) is 3.12. The summed E-state index contributed by atoms with van der Waals surface area (Å²) in [5, 5.41) is 8.74. The summed E-state index contributed by atoms with van der Waals surface area (Å²) in [6, 6.07) is 6.30. The molecule has 0 atom stereocenters. The van der Waals surface area contributed by atoms with E-state index >= 15 is 0 Å². The monoisotopic (exact) mass is 400 g/mol. The van der Waals surface area contributed by atoms with Crippen molar-refractivity contribution in [2.24, 2.45) is 5.92 Å². The minimum Gasteiger partial charge on any atom is -0.354 e. The van der Waals surface area contributed by atoms with Crippen molar-refractivity contribution in [2.75, 3.05) is 18.4 Å². The van der Waals surface area contributed by atoms with Crippen molar-refractivity contribution in [1.82, 2.24) is 15.2 Å². The van der Waals surface area contributed by atoms with Crippen LogP contribution in [0.15, 0.2) is 23.6 Å². The van der Waals surface area contributed by atoms with Crippen LogP contribution in [0.4, 0.5) is 10.8 Å². The zero-order valence-electron chi connectivity index (χ0n) is 16.9. The van der Waals surface area contributed by atoms with Crippen LogP contribution in [0.25, 0.3) is 0 Å². The number of amides is 2. The molecule has 1 aromatic heterocycles. The van der Waals surface area contributed by atoms with Gasteiger partial charge in [-0.05, 0) is 63.8 Å². The summed E-state index contributed by atoms with van der Waals surface area (Å²) < 4.78 is 0. The highest BCUT2D eigenvalue weighted by atomic mass is 32.1. The van der Waals surface area contributed by atoms with Crippen molar-refractivity contribution in [2.45, 2.75) is 46.6 Å². The Balaban J connectivity index is 1.57. The largest absolute Gasteiger partial charge is 0.354 e. The highest BCUT2D eigenvalue weighted by Crippen LogP contribution is 2.25. The smallest absolute Gasteiger partial charge is 0.273 e. The Bertz CT molecular complexity index is 854. The van der Waals surface area contributed by atoms with E-state index < -0.39 is 0 Å². The average molecular weight is 401 g/mol. The molecule has 7 heteroatoms. The van der Waals surface area contributed by atoms with Gasteiger partial charge in [0.2, 0.25) is 5.91 Å². The third-order valence-electron chi connectivity index (χ3n) is 5.07. The molecule has 2 N–H and O–H groups in total. The van der Waals surface area contributed by atoms with Gasteiger partial charge in [-0.2, -0.15) is 0 Å². The zero-order chi connectivity index (χ0) is 20.3. The Morgan fingerprint density at radius 1 is 1.18 bits per heavy atom. The number of aryl methyl sites for hydroxylation is 2. The second-order valence-corrected chi connectivity index (χ2v) is 8.55. The minimum atomic E-state index is -0.0629. The molecule has 1 aromatic carbocycles. The fraction of sp³-hybridized carbons (Fsp3) is 0.476. The molecule has 1 aliphatic rings. The second kappa shape index (κ2) is 8.73. The molecular formula is C21H28N4O2S. The number of piperidine rings is 1. The number of hydrogen-bond donors (Lipinski definition) is 2. The molecule has 1 fully saturated rings. The van der Waals surface area contributed by atoms with Crippen LogP contribution in [0, 0.1) is 19.8 Å². The summed E-state index contributed by atoms with van der Waals surface area (Å²) in [4.78, 5) is 31.2. The molecule has 3 rings (SSSR count). The Labute approximate surface area is 170 Å². The van der Waals surface area contributed by atoms with E-state index in [2.05, 4.69) is 41.6 Å². The van der Waals surface area contributed by atoms with E-state index in [1.165, 1.54) is 22.5 Å². The van der Waals surface area contributed by atoms with Crippen LogP contribution in [-0.4, -0.2) is 40.8 Å². The zero-order valence-corrected chi connectivity index (χ0v) is 17.7. The summed E-state index contributed by atoms with van der Waals surface area (Å²) in [5.41, 5.74) is 3.88. The van der Waals surface area contributed by atoms with Gasteiger partial charge in [-0.15, -0.1) is 11.3 Å². The number of benzene rings is 1. The Hall–Kier alpha value is -2.41. The number of carbonyl (C=O) groups is 2. The number of hydrogen-bond acceptors (Lipinski definition) is 5. The summed E-state index contributed by atoms with van der Waals surface area (Å²) >= 11 is 1.43. The van der Waals surface area contributed by atoms with Crippen molar-refractivity contribution >= 4 is 34.0 Å². The van der Waals surface area contributed by atoms with Gasteiger partial charge in [0.25, 0.3) is 5.91 Å². The van der Waals surface area contributed by atoms with E-state index in [0.717, 1.165) is 5.69 Å². The molecule has 0 radical (unpaired) electrons. The minimum absolute atomic E-state index is 0.0103. The number of carbonyl (C=O) groups excluding carboxylic acids is 2. The third kappa shape index (κ3) is 4.90. The number of thiazole rings is 1. The van der Waals surface area contributed by atoms with Gasteiger partial charge in [-0.3, -0.25) is 9.59 Å². The van der Waals surface area contributed by atoms with Crippen molar-refractivity contribution in [3.8, 4) is 0 Å². The first kappa shape index (κ1) is 20.3. The van der Waals surface area contributed by atoms with Crippen molar-refractivity contribution in [1.29, 1.82) is 0 Å². The number of aromatic nitrogens is 1. The topological polar surface area (TPSA) is 74.3 Å². The van der Waals surface area contributed by atoms with Gasteiger partial charge in [0.05, 0.1) is 0 Å². The van der Waals surface area contributed by atoms with Crippen LogP contribution in [0.2, 0.25) is 0 Å². The Morgan fingerprint density at radius 3 is 2.54 bits per heavy atom. The fourth-order valence-corrected chi connectivity index (χ4v) is 3.99. The maximum Gasteiger partial charge on any atom is 0.273 e. The van der Waals surface area contributed by atoms with Gasteiger partial charge in [-0.25, -0.2) is 4.98 Å². The first-order valence-corrected chi connectivity index (χ1v) is 10.6. The molecule has 0 bridgehead atoms. The molecule has 0 saturated carbocycles. The van der Waals surface area contributed by atoms with E-state index in [1.54, 1.807) is 10.3 Å². The van der Waals surface area contributed by atoms with Crippen LogP contribution in [0.3, 0.4) is 0 Å². The van der Waals surface area contributed by atoms with Gasteiger partial charge < -0.3 is 15.5 Å². The standard InChI is InChI=1S/C21H28N4O2S/c1-13(2)22-19(26)16-7-9-25(10-8-16)20(27)18-12-28-21(24-18)23-17-6-5-14(3)15(4)11-17/h5-6,11-13,16H,7-10H2,1-4H3,(H,22,26)(H,23,24). The van der Waals surface area contributed by atoms with Crippen LogP contribution < -0.4 is 10.6 Å². The molecule has 0 spiro atoms. The lowest BCUT2D eigenvalue weighted by atomic mass is 9.95. The van der Waals surface area contributed by atoms with E-state index in [1.807, 2.05) is 19.9 Å². The number of nitrogens with zero attached hydrogens (tertiary/aromatic N) is 2. The van der Waals surface area contributed by atoms with Crippen LogP contribution in [0.1, 0.15) is 48.3 Å². The van der Waals surface area contributed by atoms with Crippen molar-refractivity contribution in [3.05, 3.63) is 40.4 Å². The van der Waals surface area contributed by atoms with Crippen LogP contribution in [0.5, 0.6) is 0 Å². The molecule has 1 saturated heterocycles. The normalized spacial score (nSPS) is 15.0. The second-order valence-electron chi connectivity index (χ2n) is 7.69. The number of nitrogens with one attached hydrogen (secondary N) is 2. The van der Waals surface area contributed by atoms with Gasteiger partial charge in [0.1, 0.15) is 5.69 Å². The lowest BCUT2D eigenvalue weighted by Gasteiger charge is -2.31. The molecule has 2 aromatic rings. The quantitative estimate of drug-likeness (QED) is 0.799. The Kier molecular flexibility index (Phi) is 6.34. The van der Waals surface area contributed by atoms with Crippen LogP contribution in [-0.2, 0) is 4.79 Å². The van der Waals surface area contributed by atoms with Crippen molar-refractivity contribution in [3.63, 3.8) is 0 Å². The number of rotatable bonds is 5. The van der Waals surface area contributed by atoms with E-state index in [-0.39, 0.29) is 23.8 Å². The summed E-state index contributed by atoms with van der Waals surface area (Å²) in [7, 11) is 0. The van der Waals surface area contributed by atoms with Gasteiger partial charge in [0.15, 0.2) is 5.13 Å². The van der Waals surface area contributed by atoms with Gasteiger partial charge in [-0.1, -0.05) is 6.07 Å². The predicted octanol–water partition coefficient (Wildman–Crippen LogP) is 3.88. The molecule has 0 aliphatic carbocycles. The molecule has 2 amide bonds. The highest BCUT2D eigenvalue weighted by molar-refractivity contribution is 7.14. The maximum absolute atomic E-state index is 12.8. The number of likely N-dealkylation sites (tertiary alicyclic amines) is 1. The SMILES string of the molecule is Cc1ccc(Nc2nc(C(=O)N3CCC(C(=O)NC(C)C)CC3)cs2)cc1C. The molecular weight excluding hydrogens is 372 g/mol. The first-order chi connectivity index (χ1) is 13.3. The maximum atomic E-state index is 12.8. The van der Waals surface area contributed by atoms with E-state index in [0.29, 0.717) is 36.8 Å². The number of anilines is 2. The van der Waals surface area contributed by atoms with E-state index in [9.17, 15) is 9.59 Å². The summed E-state index contributed by atoms with van der Waals surface area (Å²) in [6.45, 7) is 9.25. The van der Waals surface area contributed by atoms with E-state index in [4.69, 9.17) is 0 Å². The lowest BCUT2D eigenvalue weighted by molar-refractivity contribution is -0.126. The first-order valence-electron chi connectivity index (χ1n) is 9.73. The molecule has 28 heavy (non-hydrogen) atoms. The molecule has 150 valence electrons. The molecule has 6 nitrogen and oxygen atoms in total. The van der Waals surface area contributed by atoms with Crippen molar-refractivity contribution < 1.29 is 9.59 Å². The third-order valence-corrected chi connectivity index (χ3v) is 5.82. The molecule has 1 aliphatic heterocycles. The molecule has 0 unspecified atom stereocenters. The summed E-state index contributed by atoms with van der Waals surface area (Å²) in [5.74, 6) is 0.0200. The lowest BCUT2D eigenvalue weighted by Crippen LogP contribution is -2.44. The Morgan fingerprint density at radius 2 is 1.89 bits per heavy atom. The highest BCUT2D eigenvalue weighted by Gasteiger charge is 2.28. The summed E-state index contributed by atoms with van der Waals surface area (Å²) in [6.07, 6.45) is 1.39.